The van der Waals surface area contributed by atoms with Crippen LogP contribution in [0.1, 0.15) is 62.0 Å². The van der Waals surface area contributed by atoms with Crippen molar-refractivity contribution in [1.82, 2.24) is 20.4 Å². The summed E-state index contributed by atoms with van der Waals surface area (Å²) in [5.41, 5.74) is 1.89. The first-order valence-corrected chi connectivity index (χ1v) is 10.3. The largest absolute Gasteiger partial charge is 0.452 e. The number of esters is 1. The van der Waals surface area contributed by atoms with Gasteiger partial charge in [0, 0.05) is 13.1 Å². The zero-order valence-electron chi connectivity index (χ0n) is 17.2. The van der Waals surface area contributed by atoms with Gasteiger partial charge in [0.15, 0.2) is 6.61 Å². The van der Waals surface area contributed by atoms with E-state index in [1.54, 1.807) is 6.92 Å². The van der Waals surface area contributed by atoms with E-state index in [1.807, 2.05) is 13.8 Å². The van der Waals surface area contributed by atoms with Crippen LogP contribution < -0.4 is 10.6 Å². The number of nitrogens with one attached hydrogen (secondary N) is 2. The number of halogens is 1. The van der Waals surface area contributed by atoms with Crippen LogP contribution in [0.5, 0.6) is 0 Å². The van der Waals surface area contributed by atoms with Crippen LogP contribution in [0.15, 0.2) is 11.6 Å². The summed E-state index contributed by atoms with van der Waals surface area (Å²) < 4.78 is 6.53. The number of nitrogens with zero attached hydrogens (tertiary/aromatic N) is 2. The van der Waals surface area contributed by atoms with Crippen molar-refractivity contribution in [3.8, 4) is 0 Å². The third kappa shape index (κ3) is 7.20. The molecular formula is C20H29ClN4O4. The lowest BCUT2D eigenvalue weighted by atomic mass is 9.97. The van der Waals surface area contributed by atoms with Gasteiger partial charge < -0.3 is 10.1 Å². The highest BCUT2D eigenvalue weighted by Gasteiger charge is 2.23. The van der Waals surface area contributed by atoms with Crippen LogP contribution in [0, 0.1) is 12.8 Å². The molecule has 0 unspecified atom stereocenters. The predicted octanol–water partition coefficient (Wildman–Crippen LogP) is 3.37. The molecule has 0 radical (unpaired) electrons. The fraction of sp³-hybridized carbons (Fsp3) is 0.600. The second-order valence-corrected chi connectivity index (χ2v) is 7.92. The maximum atomic E-state index is 12.3. The number of carbonyl (C=O) groups excluding carboxylic acids is 3. The standard InChI is InChI=1S/C20H29ClN4O4/c1-13(2)11-25-18(21)17(14(3)24-25)19(27)29-12-16(26)23-20(28)22-10-9-15-7-5-4-6-8-15/h7,13H,4-6,8-12H2,1-3H3,(H2,22,23,26,28). The molecule has 2 N–H and O–H groups in total. The molecule has 9 heteroatoms. The molecule has 0 aliphatic heterocycles. The first-order chi connectivity index (χ1) is 13.8. The quantitative estimate of drug-likeness (QED) is 0.492. The Morgan fingerprint density at radius 3 is 2.72 bits per heavy atom. The van der Waals surface area contributed by atoms with E-state index in [0.29, 0.717) is 24.7 Å². The van der Waals surface area contributed by atoms with Crippen LogP contribution in [-0.2, 0) is 16.1 Å². The van der Waals surface area contributed by atoms with Gasteiger partial charge in [-0.1, -0.05) is 37.1 Å². The fourth-order valence-corrected chi connectivity index (χ4v) is 3.45. The summed E-state index contributed by atoms with van der Waals surface area (Å²) in [7, 11) is 0. The first kappa shape index (κ1) is 22.9. The number of hydrogen-bond acceptors (Lipinski definition) is 5. The van der Waals surface area contributed by atoms with Gasteiger partial charge in [-0.15, -0.1) is 0 Å². The highest BCUT2D eigenvalue weighted by molar-refractivity contribution is 6.32. The molecule has 0 bridgehead atoms. The van der Waals surface area contributed by atoms with Gasteiger partial charge in [-0.2, -0.15) is 5.10 Å². The van der Waals surface area contributed by atoms with E-state index in [9.17, 15) is 14.4 Å². The van der Waals surface area contributed by atoms with Crippen LogP contribution in [-0.4, -0.2) is 40.8 Å². The number of urea groups is 1. The van der Waals surface area contributed by atoms with Crippen molar-refractivity contribution in [3.05, 3.63) is 28.1 Å². The van der Waals surface area contributed by atoms with Crippen LogP contribution >= 0.6 is 11.6 Å². The average Bonchev–Trinajstić information content (AvgIpc) is 2.93. The van der Waals surface area contributed by atoms with E-state index in [-0.39, 0.29) is 10.7 Å². The molecule has 1 aliphatic carbocycles. The minimum atomic E-state index is -0.748. The zero-order valence-corrected chi connectivity index (χ0v) is 18.0. The molecule has 0 aromatic carbocycles. The van der Waals surface area contributed by atoms with Gasteiger partial charge in [0.2, 0.25) is 0 Å². The second-order valence-electron chi connectivity index (χ2n) is 7.57. The molecule has 1 heterocycles. The van der Waals surface area contributed by atoms with Gasteiger partial charge in [-0.25, -0.2) is 9.59 Å². The maximum Gasteiger partial charge on any atom is 0.343 e. The second kappa shape index (κ2) is 11.0. The summed E-state index contributed by atoms with van der Waals surface area (Å²) in [6.45, 7) is 6.09. The fourth-order valence-electron chi connectivity index (χ4n) is 3.13. The van der Waals surface area contributed by atoms with Gasteiger partial charge in [-0.3, -0.25) is 14.8 Å². The number of aromatic nitrogens is 2. The Bertz CT molecular complexity index is 786. The number of imide groups is 1. The van der Waals surface area contributed by atoms with Gasteiger partial charge in [-0.05, 0) is 44.9 Å². The molecule has 2 rings (SSSR count). The van der Waals surface area contributed by atoms with Crippen molar-refractivity contribution >= 4 is 29.5 Å². The topological polar surface area (TPSA) is 102 Å². The number of amides is 3. The molecule has 8 nitrogen and oxygen atoms in total. The molecule has 0 saturated carbocycles. The molecule has 3 amide bonds. The zero-order chi connectivity index (χ0) is 21.4. The molecule has 1 aliphatic rings. The number of hydrogen-bond donors (Lipinski definition) is 2. The lowest BCUT2D eigenvalue weighted by Crippen LogP contribution is -2.41. The van der Waals surface area contributed by atoms with Gasteiger partial charge >= 0.3 is 12.0 Å². The molecule has 160 valence electrons. The van der Waals surface area contributed by atoms with E-state index in [0.717, 1.165) is 19.3 Å². The molecular weight excluding hydrogens is 396 g/mol. The molecule has 1 aromatic rings. The normalized spacial score (nSPS) is 13.8. The molecule has 0 fully saturated rings. The SMILES string of the molecule is Cc1nn(CC(C)C)c(Cl)c1C(=O)OCC(=O)NC(=O)NCCC1=CCCCC1. The van der Waals surface area contributed by atoms with Crippen molar-refractivity contribution in [2.75, 3.05) is 13.2 Å². The molecule has 0 atom stereocenters. The lowest BCUT2D eigenvalue weighted by molar-refractivity contribution is -0.123. The Morgan fingerprint density at radius 2 is 2.07 bits per heavy atom. The number of aryl methyl sites for hydroxylation is 1. The third-order valence-electron chi connectivity index (χ3n) is 4.51. The van der Waals surface area contributed by atoms with E-state index in [4.69, 9.17) is 16.3 Å². The monoisotopic (exact) mass is 424 g/mol. The van der Waals surface area contributed by atoms with E-state index in [1.165, 1.54) is 23.1 Å². The van der Waals surface area contributed by atoms with E-state index in [2.05, 4.69) is 21.8 Å². The summed E-state index contributed by atoms with van der Waals surface area (Å²) in [4.78, 5) is 35.9. The van der Waals surface area contributed by atoms with Crippen molar-refractivity contribution in [3.63, 3.8) is 0 Å². The molecule has 0 spiro atoms. The maximum absolute atomic E-state index is 12.3. The molecule has 1 aromatic heterocycles. The van der Waals surface area contributed by atoms with Gasteiger partial charge in [0.1, 0.15) is 10.7 Å². The van der Waals surface area contributed by atoms with Crippen LogP contribution in [0.3, 0.4) is 0 Å². The smallest absolute Gasteiger partial charge is 0.343 e. The van der Waals surface area contributed by atoms with Crippen LogP contribution in [0.25, 0.3) is 0 Å². The van der Waals surface area contributed by atoms with Crippen LogP contribution in [0.2, 0.25) is 5.15 Å². The highest BCUT2D eigenvalue weighted by Crippen LogP contribution is 2.22. The Kier molecular flexibility index (Phi) is 8.70. The summed E-state index contributed by atoms with van der Waals surface area (Å²) in [6, 6.07) is -0.610. The van der Waals surface area contributed by atoms with Crippen molar-refractivity contribution in [1.29, 1.82) is 0 Å². The summed E-state index contributed by atoms with van der Waals surface area (Å²) >= 11 is 6.22. The Labute approximate surface area is 176 Å². The van der Waals surface area contributed by atoms with Gasteiger partial charge in [0.05, 0.1) is 5.69 Å². The van der Waals surface area contributed by atoms with E-state index < -0.39 is 24.5 Å². The van der Waals surface area contributed by atoms with Crippen molar-refractivity contribution < 1.29 is 19.1 Å². The Morgan fingerprint density at radius 1 is 1.31 bits per heavy atom. The highest BCUT2D eigenvalue weighted by atomic mass is 35.5. The van der Waals surface area contributed by atoms with Crippen LogP contribution in [0.4, 0.5) is 4.79 Å². The summed E-state index contributed by atoms with van der Waals surface area (Å²) in [5.74, 6) is -1.16. The number of ether oxygens (including phenoxy) is 1. The third-order valence-corrected chi connectivity index (χ3v) is 4.90. The predicted molar refractivity (Wildman–Crippen MR) is 110 cm³/mol. The van der Waals surface area contributed by atoms with Crippen molar-refractivity contribution in [2.45, 2.75) is 59.4 Å². The molecule has 29 heavy (non-hydrogen) atoms. The summed E-state index contributed by atoms with van der Waals surface area (Å²) in [6.07, 6.45) is 7.54. The van der Waals surface area contributed by atoms with Gasteiger partial charge in [0.25, 0.3) is 5.91 Å². The number of rotatable bonds is 8. The number of allylic oxidation sites excluding steroid dienone is 1. The minimum Gasteiger partial charge on any atom is -0.452 e. The Hall–Kier alpha value is -2.35. The summed E-state index contributed by atoms with van der Waals surface area (Å²) in [5, 5.41) is 9.19. The van der Waals surface area contributed by atoms with Crippen molar-refractivity contribution in [2.24, 2.45) is 5.92 Å². The first-order valence-electron chi connectivity index (χ1n) is 9.93. The minimum absolute atomic E-state index is 0.130. The average molecular weight is 425 g/mol. The lowest BCUT2D eigenvalue weighted by Gasteiger charge is -2.13. The Balaban J connectivity index is 1.75. The van der Waals surface area contributed by atoms with E-state index >= 15 is 0 Å². The number of carbonyl (C=O) groups is 3. The molecule has 0 saturated heterocycles.